The van der Waals surface area contributed by atoms with Crippen molar-refractivity contribution in [3.63, 3.8) is 0 Å². The van der Waals surface area contributed by atoms with Gasteiger partial charge in [-0.25, -0.2) is 4.99 Å². The van der Waals surface area contributed by atoms with Gasteiger partial charge in [0, 0.05) is 41.6 Å². The molecule has 1 fully saturated rings. The fraction of sp³-hybridized carbons (Fsp3) is 0.429. The lowest BCUT2D eigenvalue weighted by Crippen LogP contribution is -2.47. The molecule has 0 radical (unpaired) electrons. The highest BCUT2D eigenvalue weighted by Crippen LogP contribution is 2.45. The lowest BCUT2D eigenvalue weighted by molar-refractivity contribution is 0.198. The van der Waals surface area contributed by atoms with E-state index in [1.54, 1.807) is 0 Å². The number of hydrogen-bond donors (Lipinski definition) is 0. The van der Waals surface area contributed by atoms with Crippen molar-refractivity contribution in [1.82, 2.24) is 4.90 Å². The van der Waals surface area contributed by atoms with Crippen LogP contribution in [-0.4, -0.2) is 35.8 Å². The first-order chi connectivity index (χ1) is 11.8. The summed E-state index contributed by atoms with van der Waals surface area (Å²) in [5, 5.41) is 2.46. The minimum absolute atomic E-state index is 0.0544. The van der Waals surface area contributed by atoms with Crippen LogP contribution in [0.5, 0.6) is 0 Å². The van der Waals surface area contributed by atoms with Gasteiger partial charge in [0.15, 0.2) is 0 Å². The zero-order valence-corrected chi connectivity index (χ0v) is 14.3. The van der Waals surface area contributed by atoms with Gasteiger partial charge in [-0.1, -0.05) is 37.3 Å². The molecule has 0 aromatic heterocycles. The second-order valence-corrected chi connectivity index (χ2v) is 7.24. The molecule has 1 aromatic carbocycles. The highest BCUT2D eigenvalue weighted by molar-refractivity contribution is 6.08. The van der Waals surface area contributed by atoms with Crippen molar-refractivity contribution in [1.29, 1.82) is 0 Å². The Morgan fingerprint density at radius 2 is 1.88 bits per heavy atom. The van der Waals surface area contributed by atoms with Crippen LogP contribution < -0.4 is 10.6 Å². The van der Waals surface area contributed by atoms with Gasteiger partial charge >= 0.3 is 0 Å². The molecule has 1 aromatic rings. The number of nitrogens with zero attached hydrogens (tertiary/aromatic N) is 3. The van der Waals surface area contributed by atoms with Crippen LogP contribution in [0, 0.1) is 0 Å². The predicted octanol–water partition coefficient (Wildman–Crippen LogP) is 2.38. The molecular weight excluding hydrogens is 294 g/mol. The van der Waals surface area contributed by atoms with Gasteiger partial charge in [-0.15, -0.1) is 0 Å². The van der Waals surface area contributed by atoms with Crippen LogP contribution >= 0.6 is 0 Å². The predicted molar refractivity (Wildman–Crippen MR) is 97.5 cm³/mol. The molecular formula is C21H23N3. The molecule has 0 atom stereocenters. The molecule has 122 valence electrons. The Kier molecular flexibility index (Phi) is 3.14. The summed E-state index contributed by atoms with van der Waals surface area (Å²) in [4.78, 5) is 13.0. The number of fused-ring (bicyclic) bond motifs is 4. The first-order valence-electron chi connectivity index (χ1n) is 9.19. The van der Waals surface area contributed by atoms with Crippen molar-refractivity contribution in [2.24, 2.45) is 9.98 Å². The minimum atomic E-state index is -0.0544. The summed E-state index contributed by atoms with van der Waals surface area (Å²) < 4.78 is 0. The molecule has 3 aliphatic heterocycles. The van der Waals surface area contributed by atoms with Crippen LogP contribution in [-0.2, 0) is 0 Å². The summed E-state index contributed by atoms with van der Waals surface area (Å²) in [7, 11) is 0. The molecule has 24 heavy (non-hydrogen) atoms. The SMILES string of the molecule is CCN1CCC2(CC1)N=C1CC=CCC1=C1N=c3ccccc3=C12. The summed E-state index contributed by atoms with van der Waals surface area (Å²) in [6, 6.07) is 8.64. The Hall–Kier alpha value is -2.00. The molecule has 1 aliphatic carbocycles. The molecule has 0 N–H and O–H groups in total. The quantitative estimate of drug-likeness (QED) is 0.731. The van der Waals surface area contributed by atoms with Crippen molar-refractivity contribution in [3.8, 4) is 0 Å². The largest absolute Gasteiger partial charge is 0.303 e. The number of rotatable bonds is 1. The van der Waals surface area contributed by atoms with E-state index in [4.69, 9.17) is 9.98 Å². The van der Waals surface area contributed by atoms with Crippen molar-refractivity contribution < 1.29 is 0 Å². The molecule has 0 saturated carbocycles. The van der Waals surface area contributed by atoms with E-state index in [9.17, 15) is 0 Å². The van der Waals surface area contributed by atoms with Crippen molar-refractivity contribution in [2.45, 2.75) is 38.1 Å². The smallest absolute Gasteiger partial charge is 0.0911 e. The Morgan fingerprint density at radius 1 is 1.08 bits per heavy atom. The lowest BCUT2D eigenvalue weighted by atomic mass is 9.74. The van der Waals surface area contributed by atoms with E-state index in [2.05, 4.69) is 48.2 Å². The summed E-state index contributed by atoms with van der Waals surface area (Å²) >= 11 is 0. The first-order valence-corrected chi connectivity index (χ1v) is 9.19. The maximum Gasteiger partial charge on any atom is 0.0911 e. The topological polar surface area (TPSA) is 28.0 Å². The number of likely N-dealkylation sites (tertiary alicyclic amines) is 1. The number of dihydropyridines is 1. The minimum Gasteiger partial charge on any atom is -0.303 e. The summed E-state index contributed by atoms with van der Waals surface area (Å²) in [5.74, 6) is 0. The Bertz CT molecular complexity index is 909. The number of aliphatic imine (C=N–C) groups is 1. The maximum absolute atomic E-state index is 5.39. The standard InChI is InChI=1S/C21H23N3/c1-2-24-13-11-21(12-14-24)19-15-7-3-5-9-17(15)22-20(19)16-8-4-6-10-18(16)23-21/h3-7,9H,2,8,10-14H2,1H3. The fourth-order valence-electron chi connectivity index (χ4n) is 4.67. The van der Waals surface area contributed by atoms with E-state index in [1.165, 1.54) is 27.8 Å². The van der Waals surface area contributed by atoms with Crippen LogP contribution in [0.1, 0.15) is 32.6 Å². The third kappa shape index (κ3) is 1.94. The second kappa shape index (κ2) is 5.25. The first kappa shape index (κ1) is 14.4. The van der Waals surface area contributed by atoms with Gasteiger partial charge in [0.2, 0.25) is 0 Å². The van der Waals surface area contributed by atoms with Crippen LogP contribution in [0.15, 0.2) is 57.7 Å². The number of piperidine rings is 1. The van der Waals surface area contributed by atoms with E-state index in [0.717, 1.165) is 50.7 Å². The third-order valence-electron chi connectivity index (χ3n) is 6.02. The van der Waals surface area contributed by atoms with E-state index in [-0.39, 0.29) is 5.54 Å². The Morgan fingerprint density at radius 3 is 2.71 bits per heavy atom. The number of allylic oxidation sites excluding steroid dienone is 3. The van der Waals surface area contributed by atoms with E-state index in [0.29, 0.717) is 0 Å². The van der Waals surface area contributed by atoms with Crippen molar-refractivity contribution >= 4 is 11.3 Å². The second-order valence-electron chi connectivity index (χ2n) is 7.24. The molecule has 5 rings (SSSR count). The summed E-state index contributed by atoms with van der Waals surface area (Å²) in [5.41, 5.74) is 5.27. The summed E-state index contributed by atoms with van der Waals surface area (Å²) in [6.07, 6.45) is 8.72. The third-order valence-corrected chi connectivity index (χ3v) is 6.02. The Labute approximate surface area is 142 Å². The summed E-state index contributed by atoms with van der Waals surface area (Å²) in [6.45, 7) is 5.67. The van der Waals surface area contributed by atoms with E-state index >= 15 is 0 Å². The van der Waals surface area contributed by atoms with Gasteiger partial charge in [-0.3, -0.25) is 4.99 Å². The molecule has 4 aliphatic rings. The lowest BCUT2D eigenvalue weighted by Gasteiger charge is -2.43. The number of benzene rings is 1. The van der Waals surface area contributed by atoms with Crippen LogP contribution in [0.3, 0.4) is 0 Å². The molecule has 0 bridgehead atoms. The molecule has 3 nitrogen and oxygen atoms in total. The zero-order valence-electron chi connectivity index (χ0n) is 14.3. The van der Waals surface area contributed by atoms with Gasteiger partial charge in [0.1, 0.15) is 0 Å². The van der Waals surface area contributed by atoms with Crippen molar-refractivity contribution in [3.05, 3.63) is 58.3 Å². The molecule has 3 heteroatoms. The van der Waals surface area contributed by atoms with Gasteiger partial charge in [-0.05, 0) is 31.9 Å². The van der Waals surface area contributed by atoms with Crippen LogP contribution in [0.2, 0.25) is 0 Å². The van der Waals surface area contributed by atoms with Gasteiger partial charge in [0.05, 0.1) is 16.6 Å². The number of hydrogen-bond acceptors (Lipinski definition) is 3. The monoisotopic (exact) mass is 317 g/mol. The molecule has 0 unspecified atom stereocenters. The van der Waals surface area contributed by atoms with Gasteiger partial charge in [-0.2, -0.15) is 0 Å². The Balaban J connectivity index is 1.75. The molecule has 1 spiro atoms. The average molecular weight is 317 g/mol. The number of para-hydroxylation sites is 1. The van der Waals surface area contributed by atoms with Crippen LogP contribution in [0.25, 0.3) is 5.57 Å². The fourth-order valence-corrected chi connectivity index (χ4v) is 4.67. The average Bonchev–Trinajstić information content (AvgIpc) is 3.03. The van der Waals surface area contributed by atoms with E-state index < -0.39 is 0 Å². The molecule has 3 heterocycles. The van der Waals surface area contributed by atoms with Crippen molar-refractivity contribution in [2.75, 3.05) is 19.6 Å². The van der Waals surface area contributed by atoms with E-state index in [1.807, 2.05) is 0 Å². The molecule has 1 saturated heterocycles. The maximum atomic E-state index is 5.39. The van der Waals surface area contributed by atoms with Crippen LogP contribution in [0.4, 0.5) is 0 Å². The normalized spacial score (nSPS) is 24.4. The van der Waals surface area contributed by atoms with Gasteiger partial charge < -0.3 is 4.90 Å². The zero-order chi connectivity index (χ0) is 16.1. The molecule has 0 amide bonds. The highest BCUT2D eigenvalue weighted by atomic mass is 15.1. The van der Waals surface area contributed by atoms with Gasteiger partial charge in [0.25, 0.3) is 0 Å². The highest BCUT2D eigenvalue weighted by Gasteiger charge is 2.44.